The second kappa shape index (κ2) is 7.04. The molecule has 2 rings (SSSR count). The summed E-state index contributed by atoms with van der Waals surface area (Å²) in [6.07, 6.45) is 0. The van der Waals surface area contributed by atoms with Gasteiger partial charge in [0.2, 0.25) is 0 Å². The molecular formula is C16H16ClNO4. The van der Waals surface area contributed by atoms with Crippen LogP contribution in [0.4, 0.5) is 0 Å². The Morgan fingerprint density at radius 2 is 1.95 bits per heavy atom. The number of benzene rings is 2. The number of hydrogen-bond donors (Lipinski definition) is 2. The molecule has 0 saturated heterocycles. The van der Waals surface area contributed by atoms with E-state index in [-0.39, 0.29) is 17.9 Å². The molecule has 0 unspecified atom stereocenters. The van der Waals surface area contributed by atoms with E-state index in [9.17, 15) is 9.90 Å². The number of nitrogens with one attached hydrogen (secondary N) is 1. The number of phenols is 1. The van der Waals surface area contributed by atoms with E-state index in [4.69, 9.17) is 21.1 Å². The Bertz CT molecular complexity index is 688. The Morgan fingerprint density at radius 3 is 2.64 bits per heavy atom. The molecule has 0 aromatic heterocycles. The highest BCUT2D eigenvalue weighted by atomic mass is 35.5. The van der Waals surface area contributed by atoms with Gasteiger partial charge in [-0.15, -0.1) is 0 Å². The lowest BCUT2D eigenvalue weighted by molar-refractivity contribution is 0.0947. The van der Waals surface area contributed by atoms with Gasteiger partial charge in [0.05, 0.1) is 19.8 Å². The fraction of sp³-hybridized carbons (Fsp3) is 0.188. The lowest BCUT2D eigenvalue weighted by atomic mass is 10.1. The fourth-order valence-corrected chi connectivity index (χ4v) is 2.17. The lowest BCUT2D eigenvalue weighted by Crippen LogP contribution is -2.23. The molecule has 116 valence electrons. The molecule has 0 saturated carbocycles. The van der Waals surface area contributed by atoms with Crippen molar-refractivity contribution in [3.8, 4) is 17.2 Å². The van der Waals surface area contributed by atoms with Crippen molar-refractivity contribution >= 4 is 17.5 Å². The van der Waals surface area contributed by atoms with Crippen molar-refractivity contribution in [2.24, 2.45) is 0 Å². The molecule has 2 aromatic rings. The normalized spacial score (nSPS) is 10.1. The number of carbonyl (C=O) groups is 1. The van der Waals surface area contributed by atoms with Gasteiger partial charge in [-0.2, -0.15) is 0 Å². The smallest absolute Gasteiger partial charge is 0.255 e. The number of amides is 1. The molecule has 0 radical (unpaired) electrons. The summed E-state index contributed by atoms with van der Waals surface area (Å²) in [6, 6.07) is 9.61. The van der Waals surface area contributed by atoms with Crippen molar-refractivity contribution < 1.29 is 19.4 Å². The van der Waals surface area contributed by atoms with Gasteiger partial charge >= 0.3 is 0 Å². The number of aromatic hydroxyl groups is 1. The van der Waals surface area contributed by atoms with Crippen LogP contribution in [0.3, 0.4) is 0 Å². The molecule has 2 N–H and O–H groups in total. The molecule has 0 atom stereocenters. The molecule has 0 bridgehead atoms. The van der Waals surface area contributed by atoms with E-state index in [0.29, 0.717) is 16.5 Å². The van der Waals surface area contributed by atoms with Gasteiger partial charge in [-0.25, -0.2) is 0 Å². The summed E-state index contributed by atoms with van der Waals surface area (Å²) < 4.78 is 10.3. The molecule has 0 aliphatic rings. The van der Waals surface area contributed by atoms with Gasteiger partial charge < -0.3 is 19.9 Å². The van der Waals surface area contributed by atoms with Crippen molar-refractivity contribution in [2.45, 2.75) is 6.54 Å². The number of carbonyl (C=O) groups excluding carboxylic acids is 1. The van der Waals surface area contributed by atoms with Gasteiger partial charge in [0.1, 0.15) is 17.2 Å². The highest BCUT2D eigenvalue weighted by molar-refractivity contribution is 6.30. The Balaban J connectivity index is 2.15. The molecule has 0 fully saturated rings. The molecule has 1 amide bonds. The minimum atomic E-state index is -0.418. The summed E-state index contributed by atoms with van der Waals surface area (Å²) >= 11 is 5.95. The predicted molar refractivity (Wildman–Crippen MR) is 83.8 cm³/mol. The summed E-state index contributed by atoms with van der Waals surface area (Å²) in [5.74, 6) is 0.581. The van der Waals surface area contributed by atoms with Crippen molar-refractivity contribution in [3.63, 3.8) is 0 Å². The Morgan fingerprint density at radius 1 is 1.18 bits per heavy atom. The third-order valence-corrected chi connectivity index (χ3v) is 3.37. The van der Waals surface area contributed by atoms with E-state index in [2.05, 4.69) is 5.32 Å². The second-order valence-electron chi connectivity index (χ2n) is 4.52. The van der Waals surface area contributed by atoms with E-state index >= 15 is 0 Å². The first-order valence-corrected chi connectivity index (χ1v) is 6.90. The van der Waals surface area contributed by atoms with E-state index in [1.54, 1.807) is 31.4 Å². The van der Waals surface area contributed by atoms with Crippen LogP contribution in [-0.2, 0) is 6.54 Å². The Hall–Kier alpha value is -2.40. The number of ether oxygens (including phenoxy) is 2. The van der Waals surface area contributed by atoms with Crippen LogP contribution in [0.2, 0.25) is 5.02 Å². The van der Waals surface area contributed by atoms with Gasteiger partial charge in [0.15, 0.2) is 0 Å². The number of methoxy groups -OCH3 is 2. The zero-order valence-electron chi connectivity index (χ0n) is 12.2. The SMILES string of the molecule is COc1ccc(O)c(C(=O)NCc2cc(Cl)ccc2OC)c1. The van der Waals surface area contributed by atoms with Crippen LogP contribution in [0.25, 0.3) is 0 Å². The average molecular weight is 322 g/mol. The van der Waals surface area contributed by atoms with Crippen LogP contribution < -0.4 is 14.8 Å². The van der Waals surface area contributed by atoms with Crippen LogP contribution in [0, 0.1) is 0 Å². The Labute approximate surface area is 133 Å². The standard InChI is InChI=1S/C16H16ClNO4/c1-21-12-4-5-14(19)13(8-12)16(20)18-9-10-7-11(17)3-6-15(10)22-2/h3-8,19H,9H2,1-2H3,(H,18,20). The average Bonchev–Trinajstić information content (AvgIpc) is 2.53. The quantitative estimate of drug-likeness (QED) is 0.888. The monoisotopic (exact) mass is 321 g/mol. The van der Waals surface area contributed by atoms with E-state index in [1.807, 2.05) is 0 Å². The summed E-state index contributed by atoms with van der Waals surface area (Å²) in [5.41, 5.74) is 0.881. The van der Waals surface area contributed by atoms with Crippen LogP contribution in [0.15, 0.2) is 36.4 Å². The molecule has 0 aliphatic carbocycles. The van der Waals surface area contributed by atoms with Crippen LogP contribution in [-0.4, -0.2) is 25.2 Å². The molecular weight excluding hydrogens is 306 g/mol. The van der Waals surface area contributed by atoms with Crippen molar-refractivity contribution in [1.29, 1.82) is 0 Å². The molecule has 0 spiro atoms. The highest BCUT2D eigenvalue weighted by Gasteiger charge is 2.13. The number of halogens is 1. The topological polar surface area (TPSA) is 67.8 Å². The first-order chi connectivity index (χ1) is 10.5. The third-order valence-electron chi connectivity index (χ3n) is 3.13. The number of hydrogen-bond acceptors (Lipinski definition) is 4. The van der Waals surface area contributed by atoms with Crippen molar-refractivity contribution in [2.75, 3.05) is 14.2 Å². The van der Waals surface area contributed by atoms with Gasteiger partial charge in [-0.3, -0.25) is 4.79 Å². The van der Waals surface area contributed by atoms with Gasteiger partial charge in [0, 0.05) is 17.1 Å². The predicted octanol–water partition coefficient (Wildman–Crippen LogP) is 2.99. The van der Waals surface area contributed by atoms with Crippen molar-refractivity contribution in [1.82, 2.24) is 5.32 Å². The number of rotatable bonds is 5. The first kappa shape index (κ1) is 16.0. The maximum atomic E-state index is 12.2. The maximum Gasteiger partial charge on any atom is 0.255 e. The van der Waals surface area contributed by atoms with Crippen LogP contribution in [0.1, 0.15) is 15.9 Å². The van der Waals surface area contributed by atoms with E-state index in [1.165, 1.54) is 19.2 Å². The zero-order chi connectivity index (χ0) is 16.1. The second-order valence-corrected chi connectivity index (χ2v) is 4.96. The molecule has 2 aromatic carbocycles. The molecule has 0 aliphatic heterocycles. The van der Waals surface area contributed by atoms with Gasteiger partial charge in [-0.05, 0) is 36.4 Å². The minimum absolute atomic E-state index is 0.114. The summed E-state index contributed by atoms with van der Waals surface area (Å²) in [7, 11) is 3.04. The van der Waals surface area contributed by atoms with E-state index < -0.39 is 5.91 Å². The maximum absolute atomic E-state index is 12.2. The Kier molecular flexibility index (Phi) is 5.12. The lowest BCUT2D eigenvalue weighted by Gasteiger charge is -2.11. The largest absolute Gasteiger partial charge is 0.507 e. The first-order valence-electron chi connectivity index (χ1n) is 6.52. The number of phenolic OH excluding ortho intramolecular Hbond substituents is 1. The summed E-state index contributed by atoms with van der Waals surface area (Å²) in [5, 5.41) is 13.0. The van der Waals surface area contributed by atoms with E-state index in [0.717, 1.165) is 5.56 Å². The summed E-state index contributed by atoms with van der Waals surface area (Å²) in [6.45, 7) is 0.221. The van der Waals surface area contributed by atoms with Gasteiger partial charge in [0.25, 0.3) is 5.91 Å². The highest BCUT2D eigenvalue weighted by Crippen LogP contribution is 2.24. The minimum Gasteiger partial charge on any atom is -0.507 e. The molecule has 22 heavy (non-hydrogen) atoms. The molecule has 0 heterocycles. The van der Waals surface area contributed by atoms with Gasteiger partial charge in [-0.1, -0.05) is 11.6 Å². The van der Waals surface area contributed by atoms with Crippen LogP contribution >= 0.6 is 11.6 Å². The molecule has 5 nitrogen and oxygen atoms in total. The molecule has 6 heteroatoms. The van der Waals surface area contributed by atoms with Crippen LogP contribution in [0.5, 0.6) is 17.2 Å². The zero-order valence-corrected chi connectivity index (χ0v) is 13.0. The fourth-order valence-electron chi connectivity index (χ4n) is 1.98. The van der Waals surface area contributed by atoms with Crippen molar-refractivity contribution in [3.05, 3.63) is 52.5 Å². The third kappa shape index (κ3) is 3.62. The summed E-state index contributed by atoms with van der Waals surface area (Å²) in [4.78, 5) is 12.2.